The quantitative estimate of drug-likeness (QED) is 0.828. The maximum atomic E-state index is 12.9. The molecule has 1 aliphatic rings. The normalized spacial score (nSPS) is 17.6. The molecule has 1 aromatic heterocycles. The van der Waals surface area contributed by atoms with Gasteiger partial charge in [-0.25, -0.2) is 0 Å². The number of piperidine rings is 1. The Balaban J connectivity index is 1.68. The molecule has 0 bridgehead atoms. The molecule has 1 saturated heterocycles. The number of likely N-dealkylation sites (tertiary alicyclic amines) is 1. The summed E-state index contributed by atoms with van der Waals surface area (Å²) in [7, 11) is 0. The lowest BCUT2D eigenvalue weighted by molar-refractivity contribution is -0.137. The van der Waals surface area contributed by atoms with Gasteiger partial charge in [0.25, 0.3) is 5.91 Å². The number of nitrogens with zero attached hydrogens (tertiary/aromatic N) is 1. The van der Waals surface area contributed by atoms with E-state index in [-0.39, 0.29) is 18.1 Å². The minimum atomic E-state index is -4.61. The molecule has 2 heterocycles. The Morgan fingerprint density at radius 2 is 2.04 bits per heavy atom. The molecular weight excluding hydrogens is 385 g/mol. The van der Waals surface area contributed by atoms with Crippen LogP contribution in [0.25, 0.3) is 0 Å². The number of hydrogen-bond donors (Lipinski definition) is 1. The van der Waals surface area contributed by atoms with Gasteiger partial charge in [-0.2, -0.15) is 13.2 Å². The zero-order valence-corrected chi connectivity index (χ0v) is 14.8. The summed E-state index contributed by atoms with van der Waals surface area (Å²) in [6.45, 7) is 0.697. The molecule has 3 rings (SSSR count). The van der Waals surface area contributed by atoms with Crippen LogP contribution < -0.4 is 5.32 Å². The Hall–Kier alpha value is -2.48. The van der Waals surface area contributed by atoms with Crippen LogP contribution in [0.15, 0.2) is 41.2 Å². The van der Waals surface area contributed by atoms with Crippen LogP contribution >= 0.6 is 11.6 Å². The number of alkyl halides is 3. The first-order chi connectivity index (χ1) is 12.8. The summed E-state index contributed by atoms with van der Waals surface area (Å²) in [5.74, 6) is -1.19. The maximum absolute atomic E-state index is 12.9. The fourth-order valence-corrected chi connectivity index (χ4v) is 3.23. The molecule has 1 atom stereocenters. The van der Waals surface area contributed by atoms with Crippen molar-refractivity contribution in [2.24, 2.45) is 5.92 Å². The molecule has 0 unspecified atom stereocenters. The van der Waals surface area contributed by atoms with Gasteiger partial charge in [-0.3, -0.25) is 9.59 Å². The maximum Gasteiger partial charge on any atom is 0.417 e. The number of carbonyl (C=O) groups excluding carboxylic acids is 2. The second-order valence-electron chi connectivity index (χ2n) is 6.28. The van der Waals surface area contributed by atoms with E-state index in [0.29, 0.717) is 24.9 Å². The molecule has 1 aliphatic heterocycles. The first kappa shape index (κ1) is 19.3. The van der Waals surface area contributed by atoms with E-state index in [1.165, 1.54) is 18.6 Å². The number of furan rings is 1. The van der Waals surface area contributed by atoms with Crippen molar-refractivity contribution in [2.75, 3.05) is 18.4 Å². The van der Waals surface area contributed by atoms with E-state index in [9.17, 15) is 22.8 Å². The summed E-state index contributed by atoms with van der Waals surface area (Å²) in [6, 6.07) is 4.75. The van der Waals surface area contributed by atoms with Gasteiger partial charge in [-0.15, -0.1) is 0 Å². The Kier molecular flexibility index (Phi) is 5.46. The van der Waals surface area contributed by atoms with Crippen LogP contribution in [0.5, 0.6) is 0 Å². The van der Waals surface area contributed by atoms with E-state index in [1.807, 2.05) is 0 Å². The summed E-state index contributed by atoms with van der Waals surface area (Å²) >= 11 is 5.58. The third-order valence-electron chi connectivity index (χ3n) is 4.39. The number of rotatable bonds is 3. The lowest BCUT2D eigenvalue weighted by Crippen LogP contribution is -2.43. The van der Waals surface area contributed by atoms with Crippen molar-refractivity contribution >= 4 is 29.1 Å². The highest BCUT2D eigenvalue weighted by Gasteiger charge is 2.34. The number of amides is 2. The van der Waals surface area contributed by atoms with Gasteiger partial charge >= 0.3 is 6.18 Å². The average molecular weight is 401 g/mol. The first-order valence-electron chi connectivity index (χ1n) is 8.25. The number of carbonyl (C=O) groups is 2. The van der Waals surface area contributed by atoms with Crippen molar-refractivity contribution in [1.82, 2.24) is 4.90 Å². The van der Waals surface area contributed by atoms with Crippen LogP contribution in [0.2, 0.25) is 5.02 Å². The Morgan fingerprint density at radius 1 is 1.26 bits per heavy atom. The molecule has 5 nitrogen and oxygen atoms in total. The van der Waals surface area contributed by atoms with E-state index >= 15 is 0 Å². The largest absolute Gasteiger partial charge is 0.472 e. The van der Waals surface area contributed by atoms with Gasteiger partial charge in [0.2, 0.25) is 5.91 Å². The molecule has 9 heteroatoms. The predicted molar refractivity (Wildman–Crippen MR) is 92.4 cm³/mol. The van der Waals surface area contributed by atoms with Gasteiger partial charge in [0, 0.05) is 18.8 Å². The zero-order valence-electron chi connectivity index (χ0n) is 14.1. The van der Waals surface area contributed by atoms with Crippen molar-refractivity contribution < 1.29 is 27.2 Å². The van der Waals surface area contributed by atoms with Crippen molar-refractivity contribution in [1.29, 1.82) is 0 Å². The third-order valence-corrected chi connectivity index (χ3v) is 4.72. The minimum Gasteiger partial charge on any atom is -0.472 e. The van der Waals surface area contributed by atoms with E-state index in [4.69, 9.17) is 16.0 Å². The molecule has 1 fully saturated rings. The lowest BCUT2D eigenvalue weighted by Gasteiger charge is -2.31. The van der Waals surface area contributed by atoms with E-state index in [2.05, 4.69) is 5.32 Å². The molecule has 27 heavy (non-hydrogen) atoms. The fourth-order valence-electron chi connectivity index (χ4n) is 3.01. The average Bonchev–Trinajstić information content (AvgIpc) is 3.16. The lowest BCUT2D eigenvalue weighted by atomic mass is 9.96. The number of benzene rings is 1. The van der Waals surface area contributed by atoms with Crippen LogP contribution in [-0.2, 0) is 11.0 Å². The van der Waals surface area contributed by atoms with Gasteiger partial charge in [0.1, 0.15) is 6.26 Å². The second kappa shape index (κ2) is 7.64. The van der Waals surface area contributed by atoms with Gasteiger partial charge in [-0.05, 0) is 37.1 Å². The summed E-state index contributed by atoms with van der Waals surface area (Å²) in [4.78, 5) is 26.4. The van der Waals surface area contributed by atoms with E-state index < -0.39 is 28.6 Å². The van der Waals surface area contributed by atoms with Crippen molar-refractivity contribution in [3.05, 3.63) is 52.9 Å². The molecule has 1 aromatic carbocycles. The highest BCUT2D eigenvalue weighted by molar-refractivity contribution is 6.31. The summed E-state index contributed by atoms with van der Waals surface area (Å²) in [6.07, 6.45) is -0.730. The van der Waals surface area contributed by atoms with Crippen LogP contribution in [-0.4, -0.2) is 29.8 Å². The van der Waals surface area contributed by atoms with E-state index in [1.54, 1.807) is 11.0 Å². The summed E-state index contributed by atoms with van der Waals surface area (Å²) in [5, 5.41) is 2.06. The number of halogens is 4. The number of anilines is 1. The molecule has 0 spiro atoms. The van der Waals surface area contributed by atoms with Crippen molar-refractivity contribution in [3.63, 3.8) is 0 Å². The highest BCUT2D eigenvalue weighted by atomic mass is 35.5. The standard InChI is InChI=1S/C18H16ClF3N2O3/c19-15-4-3-13(8-14(15)18(20,21)22)23-16(25)11-2-1-6-24(9-11)17(26)12-5-7-27-10-12/h3-5,7-8,10-11H,1-2,6,9H2,(H,23,25)/t11-/m1/s1. The summed E-state index contributed by atoms with van der Waals surface area (Å²) < 4.78 is 43.7. The predicted octanol–water partition coefficient (Wildman–Crippen LogP) is 4.44. The SMILES string of the molecule is O=C(Nc1ccc(Cl)c(C(F)(F)F)c1)[C@@H]1CCCN(C(=O)c2ccoc2)C1. The first-order valence-corrected chi connectivity index (χ1v) is 8.62. The van der Waals surface area contributed by atoms with E-state index in [0.717, 1.165) is 12.1 Å². The summed E-state index contributed by atoms with van der Waals surface area (Å²) in [5.41, 5.74) is -0.610. The van der Waals surface area contributed by atoms with Crippen LogP contribution in [0, 0.1) is 5.92 Å². The molecule has 0 saturated carbocycles. The van der Waals surface area contributed by atoms with Gasteiger partial charge in [0.05, 0.1) is 28.3 Å². The monoisotopic (exact) mass is 400 g/mol. The Morgan fingerprint density at radius 3 is 2.70 bits per heavy atom. The molecule has 0 radical (unpaired) electrons. The van der Waals surface area contributed by atoms with Gasteiger partial charge in [-0.1, -0.05) is 11.6 Å². The van der Waals surface area contributed by atoms with Crippen LogP contribution in [0.4, 0.5) is 18.9 Å². The van der Waals surface area contributed by atoms with Crippen LogP contribution in [0.1, 0.15) is 28.8 Å². The minimum absolute atomic E-state index is 0.00927. The Bertz CT molecular complexity index is 837. The van der Waals surface area contributed by atoms with Crippen LogP contribution in [0.3, 0.4) is 0 Å². The Labute approximate surface area is 158 Å². The van der Waals surface area contributed by atoms with Gasteiger partial charge in [0.15, 0.2) is 0 Å². The number of hydrogen-bond acceptors (Lipinski definition) is 3. The fraction of sp³-hybridized carbons (Fsp3) is 0.333. The zero-order chi connectivity index (χ0) is 19.6. The smallest absolute Gasteiger partial charge is 0.417 e. The third kappa shape index (κ3) is 4.44. The molecular formula is C18H16ClF3N2O3. The highest BCUT2D eigenvalue weighted by Crippen LogP contribution is 2.36. The van der Waals surface area contributed by atoms with Crippen molar-refractivity contribution in [2.45, 2.75) is 19.0 Å². The molecule has 2 aromatic rings. The molecule has 144 valence electrons. The molecule has 1 N–H and O–H groups in total. The topological polar surface area (TPSA) is 62.6 Å². The van der Waals surface area contributed by atoms with Gasteiger partial charge < -0.3 is 14.6 Å². The molecule has 2 amide bonds. The van der Waals surface area contributed by atoms with Crippen molar-refractivity contribution in [3.8, 4) is 0 Å². The molecule has 0 aliphatic carbocycles. The number of nitrogens with one attached hydrogen (secondary N) is 1. The second-order valence-corrected chi connectivity index (χ2v) is 6.69.